The van der Waals surface area contributed by atoms with Gasteiger partial charge in [0.1, 0.15) is 71.1 Å². The summed E-state index contributed by atoms with van der Waals surface area (Å²) in [4.78, 5) is 101. The summed E-state index contributed by atoms with van der Waals surface area (Å²) in [5.41, 5.74) is 11.5. The van der Waals surface area contributed by atoms with Gasteiger partial charge < -0.3 is 75.5 Å². The number of carbonyl (C=O) groups excluding carboxylic acids is 3. The second-order valence-corrected chi connectivity index (χ2v) is 36.6. The summed E-state index contributed by atoms with van der Waals surface area (Å²) in [7, 11) is 13.3. The van der Waals surface area contributed by atoms with Crippen molar-refractivity contribution in [2.24, 2.45) is 0 Å². The Morgan fingerprint density at radius 3 is 1.09 bits per heavy atom. The Labute approximate surface area is 794 Å². The molecule has 12 heterocycles. The number of benzene rings is 6. The van der Waals surface area contributed by atoms with Gasteiger partial charge in [0.15, 0.2) is 17.5 Å². The molecule has 3 amide bonds. The minimum absolute atomic E-state index is 0.187. The highest BCUT2D eigenvalue weighted by Gasteiger charge is 2.48. The summed E-state index contributed by atoms with van der Waals surface area (Å²) in [6.45, 7) is 31.2. The van der Waals surface area contributed by atoms with Gasteiger partial charge >= 0.3 is 0 Å². The van der Waals surface area contributed by atoms with E-state index in [4.69, 9.17) is 28.7 Å². The number of hydrogen-bond donors (Lipinski definition) is 6. The van der Waals surface area contributed by atoms with E-state index in [0.717, 1.165) is 141 Å². The topological polar surface area (TPSA) is 292 Å². The maximum atomic E-state index is 14.3. The number of aryl methyl sites for hydroxylation is 3. The number of methoxy groups -OCH3 is 3. The molecule has 18 rings (SSSR count). The Hall–Kier alpha value is -12.7. The standard InChI is InChI=1S/C36H45FN8O3.C35H45FN8O3.C30H36FN7O3/c1-5-36(46)41-29-17-30(40-34-19-35(39-22-38-34)45-31(9-12-48-45)24-13-23(3)14-25(37)15-24)33(47-4)18-32(29)43-10-7-26(8-11-43)44-27-16-28(44)21-42(6-2)20-27;1-6-35(45)40-28-18-29(32(46-5)19-31(28)42-11-7-26(8-12-42)43-13-9-27(21-43)41(3)4)39-33-20-34(38-22-37-33)44-30(10-14-47-44)24-15-23(2)16-25(36)17-24;1-6-30(39)35-23-14-24(27(40-5)15-26(23)37-9-7-22(17-37)36(3)4)34-28-16-29(33-18-32-28)38-25(8-10-41-38)20-11-19(2)12-21(31)13-20/h5,13-15,17-19,22,26-28,31H,1,6-12,16,20-21H2,2-4H3,(H,41,46)(H,38,39,40);6,15-20,22,26-27,30H,1,7-14,21H2,2-5H3,(H,40,45)(H,37,38,39);6,11-16,18,22,25H,1,7-10,17H2,2-5H3,(H,35,39)(H,32,33,34)/t27?,28?,31-;27-,30+;22-,25-/m101/s1. The second kappa shape index (κ2) is 43.5. The van der Waals surface area contributed by atoms with Crippen molar-refractivity contribution in [1.82, 2.24) is 54.4 Å². The predicted molar refractivity (Wildman–Crippen MR) is 527 cm³/mol. The normalized spacial score (nSPS) is 20.9. The lowest BCUT2D eigenvalue weighted by Gasteiger charge is -2.60. The largest absolute Gasteiger partial charge is 0.494 e. The first-order valence-corrected chi connectivity index (χ1v) is 46.9. The van der Waals surface area contributed by atoms with Gasteiger partial charge in [-0.05, 0) is 207 Å². The van der Waals surface area contributed by atoms with Crippen molar-refractivity contribution < 1.29 is 56.3 Å². The zero-order valence-corrected chi connectivity index (χ0v) is 79.6. The highest BCUT2D eigenvalue weighted by Crippen LogP contribution is 2.48. The minimum atomic E-state index is -0.306. The zero-order valence-electron chi connectivity index (χ0n) is 79.6. The molecule has 6 N–H and O–H groups in total. The summed E-state index contributed by atoms with van der Waals surface area (Å²) >= 11 is 0. The number of nitrogens with one attached hydrogen (secondary N) is 6. The van der Waals surface area contributed by atoms with E-state index in [2.05, 4.69) is 156 Å². The number of piperidine rings is 3. The van der Waals surface area contributed by atoms with Gasteiger partial charge in [0.05, 0.1) is 110 Å². The lowest BCUT2D eigenvalue weighted by Crippen LogP contribution is -2.71. The van der Waals surface area contributed by atoms with Crippen LogP contribution in [0.25, 0.3) is 0 Å². The zero-order chi connectivity index (χ0) is 95.5. The van der Waals surface area contributed by atoms with E-state index in [0.29, 0.717) is 162 Å². The van der Waals surface area contributed by atoms with Gasteiger partial charge in [0.2, 0.25) is 17.7 Å². The maximum Gasteiger partial charge on any atom is 0.247 e. The number of nitrogens with zero attached hydrogens (tertiary/aromatic N) is 17. The predicted octanol–water partition coefficient (Wildman–Crippen LogP) is 15.5. The van der Waals surface area contributed by atoms with E-state index in [1.54, 1.807) is 66.9 Å². The van der Waals surface area contributed by atoms with Crippen LogP contribution in [0.15, 0.2) is 166 Å². The Morgan fingerprint density at radius 1 is 0.412 bits per heavy atom. The first-order valence-electron chi connectivity index (χ1n) is 46.9. The van der Waals surface area contributed by atoms with Crippen molar-refractivity contribution in [3.63, 3.8) is 0 Å². The lowest BCUT2D eigenvalue weighted by atomic mass is 9.83. The molecule has 3 aromatic heterocycles. The van der Waals surface area contributed by atoms with Crippen molar-refractivity contribution in [1.29, 1.82) is 0 Å². The molecule has 9 aliphatic heterocycles. The fourth-order valence-corrected chi connectivity index (χ4v) is 20.4. The monoisotopic (exact) mass is 1860 g/mol. The van der Waals surface area contributed by atoms with Crippen molar-refractivity contribution in [2.75, 3.05) is 203 Å². The number of carbonyl (C=O) groups is 3. The van der Waals surface area contributed by atoms with Crippen molar-refractivity contribution in [3.05, 3.63) is 217 Å². The average molecular weight is 1860 g/mol. The van der Waals surface area contributed by atoms with Crippen molar-refractivity contribution in [3.8, 4) is 17.2 Å². The van der Waals surface area contributed by atoms with Crippen LogP contribution in [0.4, 0.5) is 99.3 Å². The SMILES string of the molecule is C=CC(=O)Nc1cc(Nc2cc(N3OCC[C@@H]3c3cc(C)cc(F)c3)ncn2)c(OC)cc1N1CCC(N2C3CC2CN(CC)C3)CC1.C=CC(=O)Nc1cc(Nc2cc(N3OCC[C@@H]3c3cc(C)cc(F)c3)ncn2)c(OC)cc1N1CCC(N2CC[C@H](N(C)C)C2)CC1.C=CC(=O)Nc1cc(Nc2cc(N3OCC[C@@H]3c3cc(C)cc(F)c3)ncn2)c(OC)cc1N1CC[C@@H](N(C)C)C1. The molecule has 0 radical (unpaired) electrons. The number of ether oxygens (including phenoxy) is 3. The number of aromatic nitrogens is 6. The Morgan fingerprint density at radius 2 is 0.757 bits per heavy atom. The number of likely N-dealkylation sites (N-methyl/N-ethyl adjacent to an activating group) is 3. The second-order valence-electron chi connectivity index (χ2n) is 36.6. The van der Waals surface area contributed by atoms with Crippen LogP contribution in [0.1, 0.15) is 123 Å². The van der Waals surface area contributed by atoms with Gasteiger partial charge in [-0.2, -0.15) is 0 Å². The molecule has 6 aromatic carbocycles. The summed E-state index contributed by atoms with van der Waals surface area (Å²) in [5, 5.41) is 24.1. The van der Waals surface area contributed by atoms with Crippen LogP contribution in [0.5, 0.6) is 17.2 Å². The number of rotatable bonds is 29. The van der Waals surface area contributed by atoms with Crippen LogP contribution >= 0.6 is 0 Å². The number of anilines is 15. The third kappa shape index (κ3) is 22.5. The third-order valence-corrected chi connectivity index (χ3v) is 27.2. The van der Waals surface area contributed by atoms with Crippen LogP contribution in [0.3, 0.4) is 0 Å². The molecule has 35 heteroatoms. The van der Waals surface area contributed by atoms with Crippen LogP contribution in [-0.4, -0.2) is 250 Å². The fourth-order valence-electron chi connectivity index (χ4n) is 20.4. The lowest BCUT2D eigenvalue weighted by molar-refractivity contribution is -0.112. The van der Waals surface area contributed by atoms with Crippen LogP contribution in [0.2, 0.25) is 0 Å². The molecule has 7 atom stereocenters. The molecule has 0 aliphatic carbocycles. The highest BCUT2D eigenvalue weighted by molar-refractivity contribution is 6.04. The van der Waals surface area contributed by atoms with Gasteiger partial charge in [-0.25, -0.2) is 58.3 Å². The van der Waals surface area contributed by atoms with Crippen molar-refractivity contribution >= 4 is 104 Å². The number of halogens is 3. The summed E-state index contributed by atoms with van der Waals surface area (Å²) < 4.78 is 60.1. The van der Waals surface area contributed by atoms with Gasteiger partial charge in [-0.3, -0.25) is 38.7 Å². The first-order chi connectivity index (χ1) is 65.8. The molecular weight excluding hydrogens is 1740 g/mol. The molecule has 9 aromatic rings. The molecular formula is C101H126F3N23O9. The van der Waals surface area contributed by atoms with E-state index in [1.807, 2.05) is 75.4 Å². The van der Waals surface area contributed by atoms with Gasteiger partial charge in [0, 0.05) is 157 Å². The molecule has 720 valence electrons. The number of amides is 3. The highest BCUT2D eigenvalue weighted by atomic mass is 19.1. The van der Waals surface area contributed by atoms with Gasteiger partial charge in [-0.15, -0.1) is 0 Å². The Kier molecular flexibility index (Phi) is 30.8. The summed E-state index contributed by atoms with van der Waals surface area (Å²) in [6, 6.07) is 34.8. The van der Waals surface area contributed by atoms with Gasteiger partial charge in [-0.1, -0.05) is 44.9 Å². The summed E-state index contributed by atoms with van der Waals surface area (Å²) in [6.07, 6.45) is 18.1. The Bertz CT molecular complexity index is 5710. The number of likely N-dealkylation sites (tertiary alicyclic amines) is 3. The van der Waals surface area contributed by atoms with Crippen LogP contribution < -0.4 is 76.0 Å². The van der Waals surface area contributed by atoms with E-state index in [9.17, 15) is 27.6 Å². The molecule has 9 aliphatic rings. The number of fused-ring (bicyclic) bond motifs is 2. The molecule has 0 spiro atoms. The van der Waals surface area contributed by atoms with E-state index in [1.165, 1.54) is 87.4 Å². The van der Waals surface area contributed by atoms with E-state index >= 15 is 0 Å². The van der Waals surface area contributed by atoms with Crippen molar-refractivity contribution in [2.45, 2.75) is 146 Å². The first kappa shape index (κ1) is 96.4. The Balaban J connectivity index is 0.000000148. The maximum absolute atomic E-state index is 14.3. The molecule has 9 saturated heterocycles. The molecule has 136 heavy (non-hydrogen) atoms. The van der Waals surface area contributed by atoms with Crippen LogP contribution in [-0.2, 0) is 28.9 Å². The number of hydroxylamine groups is 3. The molecule has 2 unspecified atom stereocenters. The van der Waals surface area contributed by atoms with E-state index < -0.39 is 0 Å². The average Bonchev–Trinajstić information content (AvgIpc) is 1.07. The third-order valence-electron chi connectivity index (χ3n) is 27.2. The number of piperazine rings is 1. The number of hydrogen-bond acceptors (Lipinski definition) is 29. The van der Waals surface area contributed by atoms with Gasteiger partial charge in [0.25, 0.3) is 0 Å². The minimum Gasteiger partial charge on any atom is -0.494 e. The molecule has 9 fully saturated rings. The van der Waals surface area contributed by atoms with Crippen LogP contribution in [0, 0.1) is 38.2 Å². The summed E-state index contributed by atoms with van der Waals surface area (Å²) in [5.74, 6) is 3.25. The smallest absolute Gasteiger partial charge is 0.247 e. The molecule has 0 saturated carbocycles. The van der Waals surface area contributed by atoms with E-state index in [-0.39, 0.29) is 53.3 Å². The molecule has 2 bridgehead atoms. The quantitative estimate of drug-likeness (QED) is 0.0237. The molecule has 32 nitrogen and oxygen atoms in total. The fraction of sp³-hybridized carbons (Fsp3) is 0.436.